The smallest absolute Gasteiger partial charge is 0.240 e. The van der Waals surface area contributed by atoms with Gasteiger partial charge in [0.2, 0.25) is 10.1 Å². The molecule has 18 heavy (non-hydrogen) atoms. The zero-order valence-corrected chi connectivity index (χ0v) is 15.0. The summed E-state index contributed by atoms with van der Waals surface area (Å²) in [6, 6.07) is 1.07. The average molecular weight is 334 g/mol. The molecule has 0 aromatic rings. The Bertz CT molecular complexity index is 284. The van der Waals surface area contributed by atoms with Crippen LogP contribution in [0.15, 0.2) is 0 Å². The highest BCUT2D eigenvalue weighted by atomic mass is 35.6. The molecule has 1 heterocycles. The van der Waals surface area contributed by atoms with Gasteiger partial charge in [-0.05, 0) is 17.5 Å². The van der Waals surface area contributed by atoms with Gasteiger partial charge in [0, 0.05) is 0 Å². The van der Waals surface area contributed by atoms with Crippen molar-refractivity contribution >= 4 is 42.9 Å². The van der Waals surface area contributed by atoms with Crippen molar-refractivity contribution in [3.63, 3.8) is 0 Å². The first-order chi connectivity index (χ1) is 7.93. The van der Waals surface area contributed by atoms with E-state index in [9.17, 15) is 0 Å². The molecule has 0 bridgehead atoms. The minimum atomic E-state index is -1.51. The lowest BCUT2D eigenvalue weighted by Crippen LogP contribution is -2.46. The first-order valence-corrected chi connectivity index (χ1v) is 10.6. The molecular weight excluding hydrogens is 311 g/mol. The molecule has 0 amide bonds. The number of alkyl halides is 3. The minimum Gasteiger partial charge on any atom is -0.348 e. The van der Waals surface area contributed by atoms with Crippen molar-refractivity contribution in [3.05, 3.63) is 0 Å². The summed E-state index contributed by atoms with van der Waals surface area (Å²) in [5.74, 6) is 0. The van der Waals surface area contributed by atoms with E-state index in [1.165, 1.54) is 0 Å². The van der Waals surface area contributed by atoms with Crippen LogP contribution in [0.5, 0.6) is 0 Å². The second-order valence-electron chi connectivity index (χ2n) is 6.63. The van der Waals surface area contributed by atoms with Crippen LogP contribution in [0.25, 0.3) is 0 Å². The van der Waals surface area contributed by atoms with Crippen molar-refractivity contribution in [1.82, 2.24) is 0 Å². The maximum Gasteiger partial charge on any atom is 0.240 e. The molecular formula is C12H23Cl3O2Si. The van der Waals surface area contributed by atoms with Crippen molar-refractivity contribution < 1.29 is 9.47 Å². The van der Waals surface area contributed by atoms with Crippen LogP contribution in [-0.4, -0.2) is 30.9 Å². The van der Waals surface area contributed by atoms with Crippen molar-refractivity contribution in [3.8, 4) is 0 Å². The van der Waals surface area contributed by atoms with Crippen LogP contribution < -0.4 is 0 Å². The molecule has 1 saturated heterocycles. The standard InChI is InChI=1S/C12H23Cl3O2Si/c1-11(2,3)18(4,5)8-9-6-7-16-10(17-9)12(13,14)15/h9-10H,6-8H2,1-5H3. The Labute approximate surface area is 126 Å². The maximum atomic E-state index is 5.83. The fourth-order valence-electron chi connectivity index (χ4n) is 1.79. The normalized spacial score (nSPS) is 27.3. The summed E-state index contributed by atoms with van der Waals surface area (Å²) < 4.78 is 9.66. The molecule has 2 atom stereocenters. The predicted molar refractivity (Wildman–Crippen MR) is 81.5 cm³/mol. The Morgan fingerprint density at radius 1 is 1.17 bits per heavy atom. The largest absolute Gasteiger partial charge is 0.348 e. The highest BCUT2D eigenvalue weighted by molar-refractivity contribution is 6.80. The van der Waals surface area contributed by atoms with Gasteiger partial charge < -0.3 is 9.47 Å². The average Bonchev–Trinajstić information content (AvgIpc) is 2.14. The number of rotatable bonds is 2. The Morgan fingerprint density at radius 2 is 1.72 bits per heavy atom. The first kappa shape index (κ1) is 17.1. The van der Waals surface area contributed by atoms with E-state index in [0.717, 1.165) is 12.5 Å². The van der Waals surface area contributed by atoms with Gasteiger partial charge in [-0.1, -0.05) is 68.7 Å². The van der Waals surface area contributed by atoms with E-state index in [1.807, 2.05) is 0 Å². The van der Waals surface area contributed by atoms with E-state index >= 15 is 0 Å². The Hall–Kier alpha value is 1.01. The van der Waals surface area contributed by atoms with Crippen LogP contribution in [0.1, 0.15) is 27.2 Å². The molecule has 1 aliphatic rings. The highest BCUT2D eigenvalue weighted by Gasteiger charge is 2.43. The zero-order chi connectivity index (χ0) is 14.2. The molecule has 0 radical (unpaired) electrons. The lowest BCUT2D eigenvalue weighted by Gasteiger charge is -2.42. The monoisotopic (exact) mass is 332 g/mol. The van der Waals surface area contributed by atoms with Crippen LogP contribution >= 0.6 is 34.8 Å². The number of hydrogen-bond donors (Lipinski definition) is 0. The van der Waals surface area contributed by atoms with E-state index < -0.39 is 18.2 Å². The molecule has 2 unspecified atom stereocenters. The molecule has 0 N–H and O–H groups in total. The SMILES string of the molecule is CC(C)(C)[Si](C)(C)CC1CCOC(C(Cl)(Cl)Cl)O1. The van der Waals surface area contributed by atoms with E-state index in [2.05, 4.69) is 33.9 Å². The van der Waals surface area contributed by atoms with Gasteiger partial charge in [-0.2, -0.15) is 0 Å². The zero-order valence-electron chi connectivity index (χ0n) is 11.7. The molecule has 6 heteroatoms. The Balaban J connectivity index is 2.64. The van der Waals surface area contributed by atoms with Crippen LogP contribution in [0.3, 0.4) is 0 Å². The number of hydrogen-bond acceptors (Lipinski definition) is 2. The van der Waals surface area contributed by atoms with Crippen molar-refractivity contribution in [2.45, 2.75) is 67.6 Å². The summed E-state index contributed by atoms with van der Waals surface area (Å²) >= 11 is 17.5. The predicted octanol–water partition coefficient (Wildman–Crippen LogP) is 5.00. The van der Waals surface area contributed by atoms with Gasteiger partial charge in [0.1, 0.15) is 0 Å². The van der Waals surface area contributed by atoms with Crippen LogP contribution in [0.2, 0.25) is 24.2 Å². The van der Waals surface area contributed by atoms with Crippen LogP contribution in [0, 0.1) is 0 Å². The van der Waals surface area contributed by atoms with Gasteiger partial charge in [-0.3, -0.25) is 0 Å². The van der Waals surface area contributed by atoms with Gasteiger partial charge in [0.25, 0.3) is 0 Å². The summed E-state index contributed by atoms with van der Waals surface area (Å²) in [5, 5.41) is 0.337. The maximum absolute atomic E-state index is 5.83. The summed E-state index contributed by atoms with van der Waals surface area (Å²) in [4.78, 5) is 0. The van der Waals surface area contributed by atoms with Crippen molar-refractivity contribution in [2.75, 3.05) is 6.61 Å². The number of halogens is 3. The van der Waals surface area contributed by atoms with E-state index in [1.54, 1.807) is 0 Å². The van der Waals surface area contributed by atoms with Crippen LogP contribution in [-0.2, 0) is 9.47 Å². The van der Waals surface area contributed by atoms with E-state index in [-0.39, 0.29) is 6.10 Å². The Kier molecular flexibility index (Phi) is 5.48. The molecule has 0 aromatic heterocycles. The molecule has 1 aliphatic heterocycles. The summed E-state index contributed by atoms with van der Waals surface area (Å²) in [5.41, 5.74) is 0. The highest BCUT2D eigenvalue weighted by Crippen LogP contribution is 2.42. The lowest BCUT2D eigenvalue weighted by atomic mass is 10.2. The third kappa shape index (κ3) is 4.53. The van der Waals surface area contributed by atoms with Gasteiger partial charge in [-0.15, -0.1) is 0 Å². The second kappa shape index (κ2) is 5.78. The molecule has 0 spiro atoms. The molecule has 0 saturated carbocycles. The fraction of sp³-hybridized carbons (Fsp3) is 1.00. The van der Waals surface area contributed by atoms with Crippen molar-refractivity contribution in [2.24, 2.45) is 0 Å². The van der Waals surface area contributed by atoms with Crippen LogP contribution in [0.4, 0.5) is 0 Å². The summed E-state index contributed by atoms with van der Waals surface area (Å²) in [7, 11) is -1.39. The third-order valence-electron chi connectivity index (χ3n) is 4.06. The quantitative estimate of drug-likeness (QED) is 0.523. The van der Waals surface area contributed by atoms with Gasteiger partial charge in [0.05, 0.1) is 20.8 Å². The molecule has 0 aliphatic carbocycles. The first-order valence-electron chi connectivity index (χ1n) is 6.27. The van der Waals surface area contributed by atoms with Gasteiger partial charge >= 0.3 is 0 Å². The molecule has 0 aromatic carbocycles. The fourth-order valence-corrected chi connectivity index (χ4v) is 4.18. The lowest BCUT2D eigenvalue weighted by molar-refractivity contribution is -0.204. The van der Waals surface area contributed by atoms with Gasteiger partial charge in [-0.25, -0.2) is 0 Å². The number of ether oxygens (including phenoxy) is 2. The second-order valence-corrected chi connectivity index (χ2v) is 14.7. The van der Waals surface area contributed by atoms with E-state index in [0.29, 0.717) is 11.6 Å². The van der Waals surface area contributed by atoms with E-state index in [4.69, 9.17) is 44.3 Å². The van der Waals surface area contributed by atoms with Gasteiger partial charge in [0.15, 0.2) is 0 Å². The van der Waals surface area contributed by atoms with Crippen molar-refractivity contribution in [1.29, 1.82) is 0 Å². The third-order valence-corrected chi connectivity index (χ3v) is 10.1. The summed E-state index contributed by atoms with van der Waals surface area (Å²) in [6.45, 7) is 12.3. The Morgan fingerprint density at radius 3 is 2.17 bits per heavy atom. The topological polar surface area (TPSA) is 18.5 Å². The minimum absolute atomic E-state index is 0.139. The molecule has 108 valence electrons. The molecule has 2 nitrogen and oxygen atoms in total. The molecule has 1 fully saturated rings. The molecule has 1 rings (SSSR count). The summed E-state index contributed by atoms with van der Waals surface area (Å²) in [6.07, 6.45) is 0.273.